The number of nitrogens with zero attached hydrogens (tertiary/aromatic N) is 1. The second-order valence-electron chi connectivity index (χ2n) is 2.20. The molecule has 1 aromatic rings. The molecule has 0 saturated heterocycles. The van der Waals surface area contributed by atoms with Crippen molar-refractivity contribution >= 4 is 19.0 Å². The van der Waals surface area contributed by atoms with E-state index in [-0.39, 0.29) is 11.4 Å². The molecule has 0 aliphatic rings. The van der Waals surface area contributed by atoms with Crippen LogP contribution in [0.5, 0.6) is 5.75 Å². The summed E-state index contributed by atoms with van der Waals surface area (Å²) in [6, 6.07) is 4.41. The number of hydrogen-bond donors (Lipinski definition) is 1. The Morgan fingerprint density at radius 2 is 2.18 bits per heavy atom. The van der Waals surface area contributed by atoms with Crippen molar-refractivity contribution < 1.29 is 10.0 Å². The van der Waals surface area contributed by atoms with Crippen LogP contribution in [0, 0.1) is 10.1 Å². The molecule has 0 heterocycles. The minimum atomic E-state index is -0.609. The van der Waals surface area contributed by atoms with E-state index in [2.05, 4.69) is 0 Å². The van der Waals surface area contributed by atoms with Crippen molar-refractivity contribution in [2.24, 2.45) is 0 Å². The maximum atomic E-state index is 10.2. The van der Waals surface area contributed by atoms with Gasteiger partial charge in [0.2, 0.25) is 0 Å². The van der Waals surface area contributed by atoms with Crippen LogP contribution in [-0.2, 0) is 0 Å². The summed E-state index contributed by atoms with van der Waals surface area (Å²) >= 11 is 0. The van der Waals surface area contributed by atoms with E-state index in [1.807, 2.05) is 0 Å². The molecular formula is C6H6BNO3. The summed E-state index contributed by atoms with van der Waals surface area (Å²) in [6.07, 6.45) is 0. The summed E-state index contributed by atoms with van der Waals surface area (Å²) in [4.78, 5) is 9.61. The van der Waals surface area contributed by atoms with Crippen molar-refractivity contribution in [3.8, 4) is 5.75 Å². The van der Waals surface area contributed by atoms with Gasteiger partial charge in [0.1, 0.15) is 7.85 Å². The zero-order valence-electron chi connectivity index (χ0n) is 5.94. The van der Waals surface area contributed by atoms with Crippen molar-refractivity contribution in [3.63, 3.8) is 0 Å². The molecule has 0 amide bonds. The number of aromatic hydroxyl groups is 1. The highest BCUT2D eigenvalue weighted by Gasteiger charge is 2.12. The molecule has 1 rings (SSSR count). The largest absolute Gasteiger partial charge is 0.502 e. The molecule has 0 aliphatic carbocycles. The monoisotopic (exact) mass is 151 g/mol. The van der Waals surface area contributed by atoms with Gasteiger partial charge in [-0.1, -0.05) is 12.1 Å². The molecule has 0 aliphatic heterocycles. The Kier molecular flexibility index (Phi) is 1.80. The van der Waals surface area contributed by atoms with Gasteiger partial charge in [-0.15, -0.1) is 0 Å². The third kappa shape index (κ3) is 1.31. The number of nitro groups is 1. The van der Waals surface area contributed by atoms with Crippen molar-refractivity contribution in [3.05, 3.63) is 28.3 Å². The summed E-state index contributed by atoms with van der Waals surface area (Å²) in [6.45, 7) is 0. The van der Waals surface area contributed by atoms with Gasteiger partial charge in [-0.05, 0) is 5.46 Å². The van der Waals surface area contributed by atoms with Gasteiger partial charge < -0.3 is 5.11 Å². The zero-order chi connectivity index (χ0) is 8.43. The van der Waals surface area contributed by atoms with Crippen molar-refractivity contribution in [1.29, 1.82) is 0 Å². The lowest BCUT2D eigenvalue weighted by atomic mass is 9.94. The number of phenolic OH excluding ortho intramolecular Hbond substituents is 1. The fraction of sp³-hybridized carbons (Fsp3) is 0. The molecule has 0 bridgehead atoms. The summed E-state index contributed by atoms with van der Waals surface area (Å²) in [5.74, 6) is -0.252. The Balaban J connectivity index is 3.27. The van der Waals surface area contributed by atoms with E-state index < -0.39 is 4.92 Å². The molecule has 1 aromatic carbocycles. The van der Waals surface area contributed by atoms with Gasteiger partial charge in [0.05, 0.1) is 4.92 Å². The molecule has 0 aromatic heterocycles. The standard InChI is InChI=1S/C6H6BNO3/c7-4-2-1-3-5(6(4)9)8(10)11/h1-3,9H,7H2. The van der Waals surface area contributed by atoms with Gasteiger partial charge in [0, 0.05) is 6.07 Å². The van der Waals surface area contributed by atoms with E-state index in [0.29, 0.717) is 5.46 Å². The first-order valence-electron chi connectivity index (χ1n) is 3.06. The predicted molar refractivity (Wildman–Crippen MR) is 42.9 cm³/mol. The smallest absolute Gasteiger partial charge is 0.310 e. The molecule has 5 heteroatoms. The van der Waals surface area contributed by atoms with Crippen LogP contribution in [0.1, 0.15) is 0 Å². The van der Waals surface area contributed by atoms with E-state index in [4.69, 9.17) is 5.11 Å². The molecule has 11 heavy (non-hydrogen) atoms. The van der Waals surface area contributed by atoms with Crippen LogP contribution in [-0.4, -0.2) is 17.9 Å². The summed E-state index contributed by atoms with van der Waals surface area (Å²) < 4.78 is 0. The van der Waals surface area contributed by atoms with Gasteiger partial charge in [-0.2, -0.15) is 0 Å². The highest BCUT2D eigenvalue weighted by molar-refractivity contribution is 6.34. The summed E-state index contributed by atoms with van der Waals surface area (Å²) in [5.41, 5.74) is 0.268. The lowest BCUT2D eigenvalue weighted by molar-refractivity contribution is -0.385. The average molecular weight is 151 g/mol. The van der Waals surface area contributed by atoms with Crippen LogP contribution in [0.2, 0.25) is 0 Å². The first-order chi connectivity index (χ1) is 5.13. The first kappa shape index (κ1) is 7.59. The molecule has 0 unspecified atom stereocenters. The lowest BCUT2D eigenvalue weighted by Crippen LogP contribution is -2.04. The number of nitro benzene ring substituents is 1. The molecular weight excluding hydrogens is 145 g/mol. The normalized spacial score (nSPS) is 9.45. The predicted octanol–water partition coefficient (Wildman–Crippen LogP) is -0.441. The number of benzene rings is 1. The van der Waals surface area contributed by atoms with Crippen LogP contribution in [0.3, 0.4) is 0 Å². The number of rotatable bonds is 1. The molecule has 4 nitrogen and oxygen atoms in total. The zero-order valence-corrected chi connectivity index (χ0v) is 5.94. The van der Waals surface area contributed by atoms with Crippen LogP contribution < -0.4 is 5.46 Å². The van der Waals surface area contributed by atoms with Crippen molar-refractivity contribution in [2.45, 2.75) is 0 Å². The van der Waals surface area contributed by atoms with Crippen molar-refractivity contribution in [1.82, 2.24) is 0 Å². The van der Waals surface area contributed by atoms with E-state index in [1.54, 1.807) is 13.9 Å². The summed E-state index contributed by atoms with van der Waals surface area (Å²) in [7, 11) is 1.61. The second-order valence-corrected chi connectivity index (χ2v) is 2.20. The Hall–Kier alpha value is -1.52. The van der Waals surface area contributed by atoms with Gasteiger partial charge in [0.15, 0.2) is 5.75 Å². The highest BCUT2D eigenvalue weighted by atomic mass is 16.6. The second kappa shape index (κ2) is 2.61. The minimum absolute atomic E-state index is 0.245. The van der Waals surface area contributed by atoms with Gasteiger partial charge in [0.25, 0.3) is 0 Å². The van der Waals surface area contributed by atoms with Gasteiger partial charge in [-0.25, -0.2) is 0 Å². The van der Waals surface area contributed by atoms with E-state index >= 15 is 0 Å². The third-order valence-corrected chi connectivity index (χ3v) is 1.41. The van der Waals surface area contributed by atoms with Crippen LogP contribution in [0.15, 0.2) is 18.2 Å². The molecule has 0 fully saturated rings. The Labute approximate surface area is 64.0 Å². The molecule has 0 saturated carbocycles. The average Bonchev–Trinajstić information content (AvgIpc) is 1.94. The fourth-order valence-electron chi connectivity index (χ4n) is 0.791. The van der Waals surface area contributed by atoms with E-state index in [9.17, 15) is 10.1 Å². The van der Waals surface area contributed by atoms with E-state index in [0.717, 1.165) is 0 Å². The fourth-order valence-corrected chi connectivity index (χ4v) is 0.791. The van der Waals surface area contributed by atoms with Crippen LogP contribution >= 0.6 is 0 Å². The summed E-state index contributed by atoms with van der Waals surface area (Å²) in [5, 5.41) is 19.3. The molecule has 0 spiro atoms. The number of para-hydroxylation sites is 1. The molecule has 56 valence electrons. The third-order valence-electron chi connectivity index (χ3n) is 1.41. The SMILES string of the molecule is Bc1cccc([N+](=O)[O-])c1O. The van der Waals surface area contributed by atoms with Crippen LogP contribution in [0.25, 0.3) is 0 Å². The Morgan fingerprint density at radius 3 is 2.64 bits per heavy atom. The first-order valence-corrected chi connectivity index (χ1v) is 3.06. The Bertz CT molecular complexity index is 300. The Morgan fingerprint density at radius 1 is 1.55 bits per heavy atom. The van der Waals surface area contributed by atoms with Gasteiger partial charge >= 0.3 is 5.69 Å². The topological polar surface area (TPSA) is 63.4 Å². The molecule has 0 radical (unpaired) electrons. The quantitative estimate of drug-likeness (QED) is 0.336. The number of hydrogen-bond acceptors (Lipinski definition) is 3. The van der Waals surface area contributed by atoms with E-state index in [1.165, 1.54) is 12.1 Å². The van der Waals surface area contributed by atoms with Gasteiger partial charge in [-0.3, -0.25) is 10.1 Å². The lowest BCUT2D eigenvalue weighted by Gasteiger charge is -1.97. The maximum Gasteiger partial charge on any atom is 0.310 e. The van der Waals surface area contributed by atoms with Crippen LogP contribution in [0.4, 0.5) is 5.69 Å². The molecule has 1 N–H and O–H groups in total. The molecule has 0 atom stereocenters. The number of phenols is 1. The minimum Gasteiger partial charge on any atom is -0.502 e. The van der Waals surface area contributed by atoms with Crippen molar-refractivity contribution in [2.75, 3.05) is 0 Å². The highest BCUT2D eigenvalue weighted by Crippen LogP contribution is 2.20. The maximum absolute atomic E-state index is 10.2.